The van der Waals surface area contributed by atoms with Gasteiger partial charge >= 0.3 is 25.1 Å². The van der Waals surface area contributed by atoms with E-state index in [0.717, 1.165) is 7.11 Å². The van der Waals surface area contributed by atoms with Crippen molar-refractivity contribution in [1.82, 2.24) is 0 Å². The van der Waals surface area contributed by atoms with Gasteiger partial charge < -0.3 is 19.7 Å². The molecule has 1 unspecified atom stereocenters. The summed E-state index contributed by atoms with van der Waals surface area (Å²) in [5, 5.41) is 13.9. The summed E-state index contributed by atoms with van der Waals surface area (Å²) in [5.74, 6) is 0. The van der Waals surface area contributed by atoms with Crippen molar-refractivity contribution >= 4 is 12.3 Å². The third kappa shape index (κ3) is 13.0. The van der Waals surface area contributed by atoms with Gasteiger partial charge in [-0.05, 0) is 0 Å². The maximum absolute atomic E-state index is 11.7. The molecule has 0 rings (SSSR count). The first-order valence-corrected chi connectivity index (χ1v) is 2.90. The second-order valence-electron chi connectivity index (χ2n) is 1.54. The van der Waals surface area contributed by atoms with Gasteiger partial charge in [-0.15, -0.1) is 0 Å². The smallest absolute Gasteiger partial charge is 0.450 e. The van der Waals surface area contributed by atoms with Crippen molar-refractivity contribution in [3.63, 3.8) is 0 Å². The number of hydrogen-bond acceptors (Lipinski definition) is 4. The molecule has 0 amide bonds. The summed E-state index contributed by atoms with van der Waals surface area (Å²) in [4.78, 5) is 18.5. The predicted molar refractivity (Wildman–Crippen MR) is 35.0 cm³/mol. The average molecular weight is 220 g/mol. The van der Waals surface area contributed by atoms with Gasteiger partial charge in [0.15, 0.2) is 0 Å². The lowest BCUT2D eigenvalue weighted by Crippen LogP contribution is -2.20. The van der Waals surface area contributed by atoms with E-state index in [1.807, 2.05) is 0 Å². The summed E-state index contributed by atoms with van der Waals surface area (Å²) < 4.78 is 41.2. The van der Waals surface area contributed by atoms with Crippen molar-refractivity contribution in [3.8, 4) is 0 Å². The highest BCUT2D eigenvalue weighted by molar-refractivity contribution is 5.59. The van der Waals surface area contributed by atoms with Gasteiger partial charge in [0.1, 0.15) is 0 Å². The van der Waals surface area contributed by atoms with Crippen LogP contribution in [0.5, 0.6) is 0 Å². The van der Waals surface area contributed by atoms with Crippen molar-refractivity contribution in [2.75, 3.05) is 7.11 Å². The van der Waals surface area contributed by atoms with Crippen molar-refractivity contribution in [1.29, 1.82) is 0 Å². The molecule has 9 heteroatoms. The lowest BCUT2D eigenvalue weighted by atomic mass is 10.7. The highest BCUT2D eigenvalue weighted by Crippen LogP contribution is 2.07. The van der Waals surface area contributed by atoms with Gasteiger partial charge in [-0.25, -0.2) is 18.4 Å². The first kappa shape index (κ1) is 14.8. The number of rotatable bonds is 2. The normalized spacial score (nSPS) is 10.9. The molecule has 0 bridgehead atoms. The minimum atomic E-state index is -3.33. The maximum Gasteiger partial charge on any atom is 0.510 e. The largest absolute Gasteiger partial charge is 0.510 e. The molecule has 0 heterocycles. The lowest BCUT2D eigenvalue weighted by Gasteiger charge is -2.05. The second-order valence-corrected chi connectivity index (χ2v) is 1.54. The topological polar surface area (TPSA) is 93.1 Å². The van der Waals surface area contributed by atoms with Gasteiger partial charge in [-0.2, -0.15) is 4.39 Å². The summed E-state index contributed by atoms with van der Waals surface area (Å²) in [7, 11) is 0.889. The number of hydrogen-bond donors (Lipinski definition) is 2. The Bertz CT molecular complexity index is 180. The molecule has 0 fully saturated rings. The van der Waals surface area contributed by atoms with Crippen molar-refractivity contribution in [3.05, 3.63) is 0 Å². The van der Waals surface area contributed by atoms with Crippen LogP contribution in [0.25, 0.3) is 0 Å². The monoisotopic (exact) mass is 220 g/mol. The third-order valence-corrected chi connectivity index (χ3v) is 0.574. The fraction of sp³-hybridized carbons (Fsp3) is 0.600. The van der Waals surface area contributed by atoms with E-state index in [2.05, 4.69) is 9.47 Å². The number of carbonyl (C=O) groups is 2. The van der Waals surface area contributed by atoms with Crippen LogP contribution in [0.4, 0.5) is 22.8 Å². The Hall–Kier alpha value is -1.67. The molecule has 2 N–H and O–H groups in total. The molecule has 0 aromatic carbocycles. The van der Waals surface area contributed by atoms with Crippen LogP contribution in [-0.2, 0) is 9.47 Å². The van der Waals surface area contributed by atoms with Crippen LogP contribution in [0.2, 0.25) is 0 Å². The number of ether oxygens (including phenoxy) is 2. The molecule has 0 aliphatic carbocycles. The van der Waals surface area contributed by atoms with Crippen molar-refractivity contribution in [2.24, 2.45) is 0 Å². The van der Waals surface area contributed by atoms with Crippen molar-refractivity contribution < 1.29 is 42.4 Å². The molecule has 14 heavy (non-hydrogen) atoms. The van der Waals surface area contributed by atoms with Crippen molar-refractivity contribution in [2.45, 2.75) is 12.8 Å². The number of halogens is 3. The molecule has 0 aromatic rings. The van der Waals surface area contributed by atoms with Gasteiger partial charge in [0.05, 0.1) is 7.11 Å². The molecule has 84 valence electrons. The SMILES string of the molecule is COC(=O)OC(F)C(F)F.O=C(O)O. The second kappa shape index (κ2) is 7.95. The van der Waals surface area contributed by atoms with Crippen LogP contribution in [-0.4, -0.2) is 42.4 Å². The van der Waals surface area contributed by atoms with Crippen LogP contribution < -0.4 is 0 Å². The molecule has 0 aliphatic rings. The Morgan fingerprint density at radius 1 is 1.21 bits per heavy atom. The minimum absolute atomic E-state index is 0.889. The van der Waals surface area contributed by atoms with E-state index >= 15 is 0 Å². The predicted octanol–water partition coefficient (Wildman–Crippen LogP) is 1.55. The number of methoxy groups -OCH3 is 1. The summed E-state index contributed by atoms with van der Waals surface area (Å²) >= 11 is 0. The zero-order chi connectivity index (χ0) is 11.7. The molecular weight excluding hydrogens is 213 g/mol. The molecule has 0 saturated heterocycles. The van der Waals surface area contributed by atoms with Crippen LogP contribution in [0, 0.1) is 0 Å². The Balaban J connectivity index is 0. The van der Waals surface area contributed by atoms with E-state index in [1.165, 1.54) is 0 Å². The van der Waals surface area contributed by atoms with Crippen LogP contribution >= 0.6 is 0 Å². The highest BCUT2D eigenvalue weighted by Gasteiger charge is 2.23. The number of carbonyl (C=O) groups excluding carboxylic acids is 1. The molecule has 0 radical (unpaired) electrons. The molecule has 1 atom stereocenters. The van der Waals surface area contributed by atoms with E-state index in [9.17, 15) is 18.0 Å². The molecule has 0 spiro atoms. The van der Waals surface area contributed by atoms with Gasteiger partial charge in [0, 0.05) is 0 Å². The highest BCUT2D eigenvalue weighted by atomic mass is 19.3. The zero-order valence-electron chi connectivity index (χ0n) is 6.82. The van der Waals surface area contributed by atoms with Gasteiger partial charge in [0.25, 0.3) is 0 Å². The maximum atomic E-state index is 11.7. The number of alkyl halides is 3. The fourth-order valence-electron chi connectivity index (χ4n) is 0.191. The molecule has 0 saturated carbocycles. The first-order chi connectivity index (χ1) is 6.31. The van der Waals surface area contributed by atoms with Crippen LogP contribution in [0.3, 0.4) is 0 Å². The van der Waals surface area contributed by atoms with E-state index in [0.29, 0.717) is 0 Å². The molecule has 6 nitrogen and oxygen atoms in total. The summed E-state index contributed by atoms with van der Waals surface area (Å²) in [6.45, 7) is 0. The Kier molecular flexibility index (Phi) is 8.43. The Morgan fingerprint density at radius 2 is 1.57 bits per heavy atom. The quantitative estimate of drug-likeness (QED) is 0.685. The third-order valence-electron chi connectivity index (χ3n) is 0.574. The van der Waals surface area contributed by atoms with Gasteiger partial charge in [-0.1, -0.05) is 0 Å². The molecule has 0 aromatic heterocycles. The van der Waals surface area contributed by atoms with E-state index < -0.39 is 25.1 Å². The van der Waals surface area contributed by atoms with E-state index in [1.54, 1.807) is 0 Å². The fourth-order valence-corrected chi connectivity index (χ4v) is 0.191. The molecule has 0 aliphatic heterocycles. The summed E-state index contributed by atoms with van der Waals surface area (Å²) in [6.07, 6.45) is -9.54. The first-order valence-electron chi connectivity index (χ1n) is 2.90. The molecular formula is C5H7F3O6. The summed E-state index contributed by atoms with van der Waals surface area (Å²) in [5.41, 5.74) is 0. The van der Waals surface area contributed by atoms with Crippen LogP contribution in [0.1, 0.15) is 0 Å². The van der Waals surface area contributed by atoms with E-state index in [-0.39, 0.29) is 0 Å². The lowest BCUT2D eigenvalue weighted by molar-refractivity contribution is -0.106. The minimum Gasteiger partial charge on any atom is -0.450 e. The van der Waals surface area contributed by atoms with E-state index in [4.69, 9.17) is 15.0 Å². The standard InChI is InChI=1S/C4H5F3O3.CH2O3/c1-9-4(8)10-3(7)2(5)6;2-1(3)4/h2-3H,1H3;(H2,2,3,4). The Labute approximate surface area is 75.8 Å². The van der Waals surface area contributed by atoms with Crippen LogP contribution in [0.15, 0.2) is 0 Å². The summed E-state index contributed by atoms with van der Waals surface area (Å²) in [6, 6.07) is 0. The average Bonchev–Trinajstić information content (AvgIpc) is 2.02. The number of carboxylic acid groups (broad SMARTS) is 2. The zero-order valence-corrected chi connectivity index (χ0v) is 6.82. The Morgan fingerprint density at radius 3 is 1.79 bits per heavy atom. The van der Waals surface area contributed by atoms with Gasteiger partial charge in [0.2, 0.25) is 0 Å². The van der Waals surface area contributed by atoms with Gasteiger partial charge in [-0.3, -0.25) is 0 Å².